The molecule has 0 aliphatic carbocycles. The summed E-state index contributed by atoms with van der Waals surface area (Å²) in [5.41, 5.74) is 0. The van der Waals surface area contributed by atoms with Crippen LogP contribution in [0.15, 0.2) is 0 Å². The van der Waals surface area contributed by atoms with Gasteiger partial charge in [0.25, 0.3) is 0 Å². The molecule has 0 fully saturated rings. The summed E-state index contributed by atoms with van der Waals surface area (Å²) in [6.45, 7) is 5.00. The monoisotopic (exact) mass is 161 g/mol. The molecule has 0 atom stereocenters. The molecular weight excluding hydrogens is 157 g/mol. The highest BCUT2D eigenvalue weighted by molar-refractivity contribution is 7.54. The Hall–Kier alpha value is 1.40. The Kier molecular flexibility index (Phi) is 16.7. The molecule has 6 heavy (non-hydrogen) atoms. The van der Waals surface area contributed by atoms with E-state index in [2.05, 4.69) is 6.92 Å². The van der Waals surface area contributed by atoms with Crippen LogP contribution in [0.25, 0.3) is 0 Å². The molecule has 4 heteroatoms. The molecule has 0 unspecified atom stereocenters. The Labute approximate surface area is 55.4 Å². The third-order valence-electron chi connectivity index (χ3n) is 0. The van der Waals surface area contributed by atoms with Crippen molar-refractivity contribution in [3.63, 3.8) is 0 Å². The zero-order valence-corrected chi connectivity index (χ0v) is 6.84. The summed E-state index contributed by atoms with van der Waals surface area (Å²) < 4.78 is 0. The molecule has 0 N–H and O–H groups in total. The van der Waals surface area contributed by atoms with Gasteiger partial charge in [0.1, 0.15) is 0 Å². The van der Waals surface area contributed by atoms with E-state index >= 15 is 0 Å². The van der Waals surface area contributed by atoms with Crippen LogP contribution in [0, 0.1) is 6.92 Å². The molecule has 0 heterocycles. The van der Waals surface area contributed by atoms with Crippen LogP contribution in [0.3, 0.4) is 0 Å². The molecule has 0 aromatic rings. The average molecular weight is 162 g/mol. The topological polar surface area (TPSA) is 0 Å². The van der Waals surface area contributed by atoms with Gasteiger partial charge in [0, 0.05) is 0 Å². The molecule has 0 aromatic carbocycles. The molecule has 0 radical (unpaired) electrons. The predicted octanol–water partition coefficient (Wildman–Crippen LogP) is 2.53. The first-order valence-corrected chi connectivity index (χ1v) is 6.60. The lowest BCUT2D eigenvalue weighted by Crippen LogP contribution is -1.66. The van der Waals surface area contributed by atoms with Crippen LogP contribution < -0.4 is 0 Å². The van der Waals surface area contributed by atoms with Gasteiger partial charge < -0.3 is 6.92 Å². The fraction of sp³-hybridized carbons (Fsp3) is 0.500. The molecule has 0 nitrogen and oxygen atoms in total. The highest BCUT2D eigenvalue weighted by atomic mass is 35.8. The van der Waals surface area contributed by atoms with Crippen molar-refractivity contribution in [2.24, 2.45) is 0 Å². The molecule has 0 rings (SSSR count). The second kappa shape index (κ2) is 9.64. The summed E-state index contributed by atoms with van der Waals surface area (Å²) in [4.78, 5) is 0. The van der Waals surface area contributed by atoms with E-state index in [4.69, 9.17) is 30.1 Å². The zero-order valence-electron chi connectivity index (χ0n) is 3.42. The fourth-order valence-corrected chi connectivity index (χ4v) is 0. The number of hydrogen-bond acceptors (Lipinski definition) is 0. The van der Waals surface area contributed by atoms with E-state index in [-0.39, 0.29) is 0 Å². The van der Waals surface area contributed by atoms with Crippen molar-refractivity contribution in [3.05, 3.63) is 6.92 Å². The Bertz CT molecular complexity index is 13.5. The first-order valence-electron chi connectivity index (χ1n) is 1.36. The van der Waals surface area contributed by atoms with Crippen LogP contribution in [0.5, 0.6) is 0 Å². The quantitative estimate of drug-likeness (QED) is 0.379. The van der Waals surface area contributed by atoms with E-state index in [9.17, 15) is 0 Å². The van der Waals surface area contributed by atoms with Gasteiger partial charge in [0.15, 0.2) is 0 Å². The molecule has 0 aliphatic heterocycles. The molecule has 38 valence electrons. The summed E-state index contributed by atoms with van der Waals surface area (Å²) in [7, 11) is 14.8. The van der Waals surface area contributed by atoms with Crippen molar-refractivity contribution in [3.8, 4) is 0 Å². The van der Waals surface area contributed by atoms with Gasteiger partial charge >= 0.3 is 11.4 Å². The summed E-state index contributed by atoms with van der Waals surface area (Å²) in [6, 6.07) is 0. The second-order valence-corrected chi connectivity index (χ2v) is 6.68. The molecule has 0 saturated carbocycles. The molecular formula is C2H5AlCl3-. The van der Waals surface area contributed by atoms with E-state index in [1.165, 1.54) is 0 Å². The first kappa shape index (κ1) is 10.4. The summed E-state index contributed by atoms with van der Waals surface area (Å²) >= 11 is -1.72. The van der Waals surface area contributed by atoms with E-state index in [1.807, 2.05) is 0 Å². The van der Waals surface area contributed by atoms with Gasteiger partial charge in [-0.1, -0.05) is 0 Å². The van der Waals surface area contributed by atoms with Crippen molar-refractivity contribution in [1.29, 1.82) is 0 Å². The lowest BCUT2D eigenvalue weighted by Gasteiger charge is -1.57. The fourth-order valence-electron chi connectivity index (χ4n) is 0. The minimum Gasteiger partial charge on any atom is -0.346 e. The minimum absolute atomic E-state index is 1.72. The van der Waals surface area contributed by atoms with Gasteiger partial charge in [-0.3, -0.25) is 0 Å². The minimum atomic E-state index is -1.72. The largest absolute Gasteiger partial charge is 0.643 e. The van der Waals surface area contributed by atoms with E-state index in [0.29, 0.717) is 0 Å². The Morgan fingerprint density at radius 3 is 1.17 bits per heavy atom. The van der Waals surface area contributed by atoms with Crippen LogP contribution >= 0.6 is 30.1 Å². The maximum Gasteiger partial charge on any atom is 0.643 e. The van der Waals surface area contributed by atoms with Gasteiger partial charge in [0.2, 0.25) is 0 Å². The highest BCUT2D eigenvalue weighted by Crippen LogP contribution is 1.97. The Morgan fingerprint density at radius 2 is 1.17 bits per heavy atom. The lowest BCUT2D eigenvalue weighted by molar-refractivity contribution is 1.81. The Morgan fingerprint density at radius 1 is 1.17 bits per heavy atom. The van der Waals surface area contributed by atoms with Crippen molar-refractivity contribution in [1.82, 2.24) is 0 Å². The van der Waals surface area contributed by atoms with E-state index < -0.39 is 11.4 Å². The van der Waals surface area contributed by atoms with Crippen LogP contribution in [-0.2, 0) is 0 Å². The molecule has 0 aliphatic rings. The Balaban J connectivity index is 0. The first-order chi connectivity index (χ1) is 2.73. The SMILES string of the molecule is [CH2-]C.[Cl][Al]([Cl])[Cl]. The molecule has 0 saturated heterocycles. The lowest BCUT2D eigenvalue weighted by atomic mass is 11.0. The molecule has 0 bridgehead atoms. The number of hydrogen-bond donors (Lipinski definition) is 0. The maximum atomic E-state index is 4.94. The maximum absolute atomic E-state index is 4.94. The second-order valence-electron chi connectivity index (χ2n) is 0.247. The van der Waals surface area contributed by atoms with Crippen molar-refractivity contribution < 1.29 is 0 Å². The summed E-state index contributed by atoms with van der Waals surface area (Å²) in [5, 5.41) is 0. The van der Waals surface area contributed by atoms with Gasteiger partial charge in [-0.15, -0.1) is 0 Å². The summed E-state index contributed by atoms with van der Waals surface area (Å²) in [5.74, 6) is 0. The van der Waals surface area contributed by atoms with Gasteiger partial charge in [-0.25, -0.2) is 30.1 Å². The van der Waals surface area contributed by atoms with Crippen LogP contribution in [0.4, 0.5) is 0 Å². The van der Waals surface area contributed by atoms with Gasteiger partial charge in [-0.2, -0.15) is 6.92 Å². The van der Waals surface area contributed by atoms with Crippen LogP contribution in [-0.4, -0.2) is 11.4 Å². The van der Waals surface area contributed by atoms with Crippen LogP contribution in [0.1, 0.15) is 6.92 Å². The van der Waals surface area contributed by atoms with Gasteiger partial charge in [-0.05, 0) is 0 Å². The third-order valence-corrected chi connectivity index (χ3v) is 0. The standard InChI is InChI=1S/C2H5.Al.3ClH/c1-2;;;;/h1H2,2H3;;3*1H/q-1;+3;;;/p-3. The molecule has 0 amide bonds. The zero-order chi connectivity index (χ0) is 5.58. The number of rotatable bonds is 0. The third kappa shape index (κ3) is 53.2. The van der Waals surface area contributed by atoms with E-state index in [1.54, 1.807) is 6.92 Å². The van der Waals surface area contributed by atoms with E-state index in [0.717, 1.165) is 0 Å². The van der Waals surface area contributed by atoms with Gasteiger partial charge in [0.05, 0.1) is 0 Å². The van der Waals surface area contributed by atoms with Crippen molar-refractivity contribution >= 4 is 41.5 Å². The van der Waals surface area contributed by atoms with Crippen LogP contribution in [0.2, 0.25) is 0 Å². The van der Waals surface area contributed by atoms with Crippen molar-refractivity contribution in [2.45, 2.75) is 6.92 Å². The predicted molar refractivity (Wildman–Crippen MR) is 34.3 cm³/mol. The highest BCUT2D eigenvalue weighted by Gasteiger charge is 2.00. The normalized spacial score (nSPS) is 5.50. The number of halogens is 3. The summed E-state index contributed by atoms with van der Waals surface area (Å²) in [6.07, 6.45) is 0. The smallest absolute Gasteiger partial charge is 0.346 e. The molecule has 0 spiro atoms. The van der Waals surface area contributed by atoms with Crippen molar-refractivity contribution in [2.75, 3.05) is 0 Å². The molecule has 0 aromatic heterocycles. The average Bonchev–Trinajstić information content (AvgIpc) is 1.41.